The second-order valence-corrected chi connectivity index (χ2v) is 5.80. The molecule has 0 aliphatic rings. The van der Waals surface area contributed by atoms with Crippen LogP contribution < -0.4 is 15.7 Å². The van der Waals surface area contributed by atoms with E-state index in [0.29, 0.717) is 27.7 Å². The molecule has 0 bridgehead atoms. The molecule has 1 amide bonds. The number of amides is 1. The van der Waals surface area contributed by atoms with E-state index in [1.165, 1.54) is 6.20 Å². The Labute approximate surface area is 154 Å². The van der Waals surface area contributed by atoms with E-state index in [0.717, 1.165) is 4.68 Å². The fraction of sp³-hybridized carbons (Fsp3) is 0.111. The van der Waals surface area contributed by atoms with Crippen molar-refractivity contribution in [2.24, 2.45) is 0 Å². The fourth-order valence-corrected chi connectivity index (χ4v) is 2.37. The van der Waals surface area contributed by atoms with Crippen LogP contribution in [0.5, 0.6) is 5.75 Å². The molecular weight excluding hydrogens is 356 g/mol. The monoisotopic (exact) mass is 370 g/mol. The van der Waals surface area contributed by atoms with Crippen molar-refractivity contribution in [3.8, 4) is 17.0 Å². The van der Waals surface area contributed by atoms with Gasteiger partial charge in [0.2, 0.25) is 5.91 Å². The lowest BCUT2D eigenvalue weighted by Gasteiger charge is -2.08. The van der Waals surface area contributed by atoms with Crippen LogP contribution in [0.25, 0.3) is 11.3 Å². The average molecular weight is 371 g/mol. The molecule has 0 spiro atoms. The van der Waals surface area contributed by atoms with E-state index in [9.17, 15) is 9.59 Å². The third kappa shape index (κ3) is 4.25. The van der Waals surface area contributed by atoms with Gasteiger partial charge in [0.15, 0.2) is 0 Å². The van der Waals surface area contributed by atoms with Crippen molar-refractivity contribution in [2.75, 3.05) is 12.4 Å². The van der Waals surface area contributed by atoms with E-state index in [1.807, 2.05) is 0 Å². The number of rotatable bonds is 5. The van der Waals surface area contributed by atoms with Crippen LogP contribution in [0.4, 0.5) is 5.69 Å². The smallest absolute Gasteiger partial charge is 0.365 e. The minimum atomic E-state index is -0.609. The van der Waals surface area contributed by atoms with Crippen LogP contribution in [0.15, 0.2) is 59.5 Å². The normalized spacial score (nSPS) is 10.4. The highest BCUT2D eigenvalue weighted by Crippen LogP contribution is 2.18. The van der Waals surface area contributed by atoms with Gasteiger partial charge in [-0.2, -0.15) is 10.1 Å². The summed E-state index contributed by atoms with van der Waals surface area (Å²) in [6.45, 7) is -0.237. The van der Waals surface area contributed by atoms with Gasteiger partial charge in [0.25, 0.3) is 0 Å². The molecule has 8 heteroatoms. The molecule has 1 aromatic heterocycles. The number of benzene rings is 2. The van der Waals surface area contributed by atoms with E-state index >= 15 is 0 Å². The Hall–Kier alpha value is -3.19. The Morgan fingerprint density at radius 2 is 1.85 bits per heavy atom. The maximum absolute atomic E-state index is 12.1. The van der Waals surface area contributed by atoms with E-state index in [2.05, 4.69) is 15.4 Å². The first-order chi connectivity index (χ1) is 12.5. The van der Waals surface area contributed by atoms with Gasteiger partial charge in [-0.05, 0) is 36.4 Å². The van der Waals surface area contributed by atoms with Gasteiger partial charge in [-0.25, -0.2) is 9.48 Å². The van der Waals surface area contributed by atoms with Gasteiger partial charge in [0.1, 0.15) is 12.3 Å². The Bertz CT molecular complexity index is 969. The number of hydrogen-bond donors (Lipinski definition) is 1. The molecule has 0 radical (unpaired) electrons. The molecule has 1 heterocycles. The fourth-order valence-electron chi connectivity index (χ4n) is 2.24. The number of carbonyl (C=O) groups is 1. The molecule has 26 heavy (non-hydrogen) atoms. The van der Waals surface area contributed by atoms with Gasteiger partial charge in [-0.1, -0.05) is 23.7 Å². The van der Waals surface area contributed by atoms with Crippen molar-refractivity contribution in [1.82, 2.24) is 14.8 Å². The Morgan fingerprint density at radius 3 is 2.46 bits per heavy atom. The van der Waals surface area contributed by atoms with Crippen LogP contribution in [0, 0.1) is 0 Å². The van der Waals surface area contributed by atoms with Crippen LogP contribution in [-0.2, 0) is 11.3 Å². The first-order valence-electron chi connectivity index (χ1n) is 7.69. The van der Waals surface area contributed by atoms with Crippen molar-refractivity contribution in [3.05, 3.63) is 70.2 Å². The predicted molar refractivity (Wildman–Crippen MR) is 98.4 cm³/mol. The van der Waals surface area contributed by atoms with Crippen LogP contribution >= 0.6 is 11.6 Å². The van der Waals surface area contributed by atoms with Gasteiger partial charge in [-0.3, -0.25) is 4.79 Å². The Balaban J connectivity index is 1.70. The lowest BCUT2D eigenvalue weighted by Crippen LogP contribution is -2.31. The molecule has 0 fully saturated rings. The SMILES string of the molecule is COc1ccc(NC(=O)Cn2ncc(-c3ccc(Cl)cc3)nc2=O)cc1. The van der Waals surface area contributed by atoms with Gasteiger partial charge >= 0.3 is 5.69 Å². The summed E-state index contributed by atoms with van der Waals surface area (Å²) in [6, 6.07) is 13.7. The van der Waals surface area contributed by atoms with E-state index in [1.54, 1.807) is 55.6 Å². The van der Waals surface area contributed by atoms with Crippen molar-refractivity contribution >= 4 is 23.2 Å². The first kappa shape index (κ1) is 17.6. The summed E-state index contributed by atoms with van der Waals surface area (Å²) in [5.74, 6) is 0.300. The molecular formula is C18H15ClN4O3. The summed E-state index contributed by atoms with van der Waals surface area (Å²) in [5.41, 5.74) is 1.12. The maximum Gasteiger partial charge on any atom is 0.365 e. The molecule has 0 saturated carbocycles. The van der Waals surface area contributed by atoms with Gasteiger partial charge in [-0.15, -0.1) is 0 Å². The molecule has 0 unspecified atom stereocenters. The number of methoxy groups -OCH3 is 1. The molecule has 7 nitrogen and oxygen atoms in total. The minimum absolute atomic E-state index is 0.237. The second kappa shape index (κ2) is 7.79. The van der Waals surface area contributed by atoms with E-state index < -0.39 is 5.69 Å². The lowest BCUT2D eigenvalue weighted by atomic mass is 10.2. The molecule has 0 atom stereocenters. The molecule has 0 aliphatic carbocycles. The van der Waals surface area contributed by atoms with Crippen molar-refractivity contribution in [3.63, 3.8) is 0 Å². The molecule has 2 aromatic carbocycles. The number of anilines is 1. The summed E-state index contributed by atoms with van der Waals surface area (Å²) in [6.07, 6.45) is 1.44. The summed E-state index contributed by atoms with van der Waals surface area (Å²) < 4.78 is 6.05. The first-order valence-corrected chi connectivity index (χ1v) is 8.07. The summed E-state index contributed by atoms with van der Waals surface area (Å²) in [4.78, 5) is 28.2. The number of hydrogen-bond acceptors (Lipinski definition) is 5. The zero-order valence-electron chi connectivity index (χ0n) is 13.8. The number of carbonyl (C=O) groups excluding carboxylic acids is 1. The standard InChI is InChI=1S/C18H15ClN4O3/c1-26-15-8-6-14(7-9-15)21-17(24)11-23-18(25)22-16(10-20-23)12-2-4-13(19)5-3-12/h2-10H,11H2,1H3,(H,21,24). The van der Waals surface area contributed by atoms with Crippen LogP contribution in [0.2, 0.25) is 5.02 Å². The van der Waals surface area contributed by atoms with E-state index in [4.69, 9.17) is 16.3 Å². The third-order valence-electron chi connectivity index (χ3n) is 3.56. The Kier molecular flexibility index (Phi) is 5.28. The minimum Gasteiger partial charge on any atom is -0.497 e. The quantitative estimate of drug-likeness (QED) is 0.746. The molecule has 3 rings (SSSR count). The zero-order valence-corrected chi connectivity index (χ0v) is 14.6. The van der Waals surface area contributed by atoms with Crippen LogP contribution in [0.1, 0.15) is 0 Å². The largest absolute Gasteiger partial charge is 0.497 e. The number of nitrogens with one attached hydrogen (secondary N) is 1. The van der Waals surface area contributed by atoms with Crippen molar-refractivity contribution in [1.29, 1.82) is 0 Å². The van der Waals surface area contributed by atoms with Gasteiger partial charge in [0, 0.05) is 16.3 Å². The van der Waals surface area contributed by atoms with E-state index in [-0.39, 0.29) is 12.5 Å². The summed E-state index contributed by atoms with van der Waals surface area (Å²) in [5, 5.41) is 7.29. The molecule has 0 saturated heterocycles. The number of nitrogens with zero attached hydrogens (tertiary/aromatic N) is 3. The summed E-state index contributed by atoms with van der Waals surface area (Å²) in [7, 11) is 1.56. The average Bonchev–Trinajstić information content (AvgIpc) is 2.64. The summed E-state index contributed by atoms with van der Waals surface area (Å²) >= 11 is 5.84. The third-order valence-corrected chi connectivity index (χ3v) is 3.82. The highest BCUT2D eigenvalue weighted by Gasteiger charge is 2.09. The second-order valence-electron chi connectivity index (χ2n) is 5.37. The lowest BCUT2D eigenvalue weighted by molar-refractivity contribution is -0.117. The predicted octanol–water partition coefficient (Wildman–Crippen LogP) is 2.61. The number of aromatic nitrogens is 3. The topological polar surface area (TPSA) is 86.1 Å². The van der Waals surface area contributed by atoms with Crippen LogP contribution in [0.3, 0.4) is 0 Å². The maximum atomic E-state index is 12.1. The molecule has 132 valence electrons. The zero-order chi connectivity index (χ0) is 18.5. The number of halogens is 1. The highest BCUT2D eigenvalue weighted by atomic mass is 35.5. The number of ether oxygens (including phenoxy) is 1. The van der Waals surface area contributed by atoms with Gasteiger partial charge < -0.3 is 10.1 Å². The Morgan fingerprint density at radius 1 is 1.15 bits per heavy atom. The van der Waals surface area contributed by atoms with Gasteiger partial charge in [0.05, 0.1) is 19.0 Å². The molecule has 1 N–H and O–H groups in total. The van der Waals surface area contributed by atoms with Crippen LogP contribution in [-0.4, -0.2) is 27.8 Å². The van der Waals surface area contributed by atoms with Crippen molar-refractivity contribution in [2.45, 2.75) is 6.54 Å². The highest BCUT2D eigenvalue weighted by molar-refractivity contribution is 6.30. The molecule has 3 aromatic rings. The van der Waals surface area contributed by atoms with Crippen molar-refractivity contribution < 1.29 is 9.53 Å². The molecule has 0 aliphatic heterocycles.